The summed E-state index contributed by atoms with van der Waals surface area (Å²) in [5, 5.41) is 3.06. The van der Waals surface area contributed by atoms with Crippen molar-refractivity contribution in [2.75, 3.05) is 72.0 Å². The maximum Gasteiger partial charge on any atom is 0.323 e. The predicted octanol–water partition coefficient (Wildman–Crippen LogP) is 4.60. The van der Waals surface area contributed by atoms with Crippen LogP contribution in [-0.2, 0) is 42.9 Å². The van der Waals surface area contributed by atoms with Crippen molar-refractivity contribution in [1.82, 2.24) is 24.9 Å². The molecule has 324 valence electrons. The lowest BCUT2D eigenvalue weighted by Gasteiger charge is -2.37. The quantitative estimate of drug-likeness (QED) is 0.219. The molecule has 1 fully saturated rings. The maximum atomic E-state index is 14.0. The van der Waals surface area contributed by atoms with Gasteiger partial charge in [-0.2, -0.15) is 0 Å². The van der Waals surface area contributed by atoms with Crippen molar-refractivity contribution in [2.24, 2.45) is 0 Å². The van der Waals surface area contributed by atoms with Crippen LogP contribution < -0.4 is 5.32 Å². The van der Waals surface area contributed by atoms with Crippen LogP contribution in [0, 0.1) is 0 Å². The van der Waals surface area contributed by atoms with E-state index in [4.69, 9.17) is 18.9 Å². The summed E-state index contributed by atoms with van der Waals surface area (Å²) in [7, 11) is 0. The zero-order valence-corrected chi connectivity index (χ0v) is 37.2. The van der Waals surface area contributed by atoms with Crippen LogP contribution in [0.15, 0.2) is 30.3 Å². The summed E-state index contributed by atoms with van der Waals surface area (Å²) >= 11 is 0. The van der Waals surface area contributed by atoms with Crippen molar-refractivity contribution in [3.63, 3.8) is 0 Å². The van der Waals surface area contributed by atoms with Gasteiger partial charge in [-0.05, 0) is 102 Å². The molecule has 1 N–H and O–H groups in total. The number of carbonyl (C=O) groups excluding carboxylic acids is 5. The zero-order valence-electron chi connectivity index (χ0n) is 37.2. The molecule has 57 heavy (non-hydrogen) atoms. The van der Waals surface area contributed by atoms with Crippen molar-refractivity contribution < 1.29 is 42.9 Å². The lowest BCUT2D eigenvalue weighted by molar-refractivity contribution is -0.163. The Morgan fingerprint density at radius 3 is 1.26 bits per heavy atom. The molecular formula is C43H73N5O9. The first-order valence-corrected chi connectivity index (χ1v) is 20.3. The fourth-order valence-electron chi connectivity index (χ4n) is 6.23. The van der Waals surface area contributed by atoms with E-state index in [1.165, 1.54) is 0 Å². The van der Waals surface area contributed by atoms with E-state index in [1.807, 2.05) is 119 Å². The monoisotopic (exact) mass is 804 g/mol. The highest BCUT2D eigenvalue weighted by molar-refractivity contribution is 5.80. The second-order valence-electron chi connectivity index (χ2n) is 18.9. The van der Waals surface area contributed by atoms with Crippen LogP contribution in [0.4, 0.5) is 0 Å². The molecule has 1 aliphatic heterocycles. The molecular weight excluding hydrogens is 730 g/mol. The number of nitrogens with zero attached hydrogens (tertiary/aromatic N) is 4. The molecule has 0 bridgehead atoms. The molecule has 0 aliphatic carbocycles. The normalized spacial score (nSPS) is 17.6. The van der Waals surface area contributed by atoms with Gasteiger partial charge in [-0.15, -0.1) is 0 Å². The summed E-state index contributed by atoms with van der Waals surface area (Å²) in [5.74, 6) is -1.81. The van der Waals surface area contributed by atoms with E-state index in [0.29, 0.717) is 52.4 Å². The molecule has 0 spiro atoms. The van der Waals surface area contributed by atoms with Crippen LogP contribution in [0.3, 0.4) is 0 Å². The summed E-state index contributed by atoms with van der Waals surface area (Å²) in [5.41, 5.74) is -1.84. The average Bonchev–Trinajstić information content (AvgIpc) is 3.02. The number of carbonyl (C=O) groups is 5. The molecule has 0 unspecified atom stereocenters. The minimum absolute atomic E-state index is 0.00690. The molecule has 1 aromatic carbocycles. The molecule has 1 saturated heterocycles. The topological polar surface area (TPSA) is 147 Å². The van der Waals surface area contributed by atoms with Crippen molar-refractivity contribution in [3.8, 4) is 0 Å². The van der Waals surface area contributed by atoms with Crippen molar-refractivity contribution in [2.45, 2.75) is 137 Å². The van der Waals surface area contributed by atoms with E-state index >= 15 is 0 Å². The number of rotatable bonds is 13. The Hall–Kier alpha value is -3.59. The number of amides is 1. The third-order valence-corrected chi connectivity index (χ3v) is 8.63. The lowest BCUT2D eigenvalue weighted by atomic mass is 10.1. The number of ether oxygens (including phenoxy) is 4. The van der Waals surface area contributed by atoms with Gasteiger partial charge in [-0.25, -0.2) is 0 Å². The van der Waals surface area contributed by atoms with Gasteiger partial charge >= 0.3 is 23.9 Å². The second-order valence-corrected chi connectivity index (χ2v) is 18.9. The van der Waals surface area contributed by atoms with Gasteiger partial charge in [-0.1, -0.05) is 30.3 Å². The predicted molar refractivity (Wildman–Crippen MR) is 220 cm³/mol. The Bertz CT molecular complexity index is 1400. The largest absolute Gasteiger partial charge is 0.459 e. The molecule has 0 aromatic heterocycles. The van der Waals surface area contributed by atoms with Crippen molar-refractivity contribution in [1.29, 1.82) is 0 Å². The van der Waals surface area contributed by atoms with E-state index in [-0.39, 0.29) is 50.4 Å². The molecule has 14 nitrogen and oxygen atoms in total. The number of hydrogen-bond donors (Lipinski definition) is 1. The van der Waals surface area contributed by atoms with Gasteiger partial charge in [0.2, 0.25) is 5.91 Å². The standard InChI is InChI=1S/C43H73N5O9/c1-32(33-17-15-14-16-18-33)44-35(49)20-19-34(39(53)57-43(11,12)13)48-27-25-46(30-37(51)55-41(5,6)7)23-21-45(29-36(50)54-40(2,3)4)22-24-47(26-28-48)31-38(52)56-42(8,9)10/h14-18,32,34H,19-31H2,1-13H3,(H,44,49)/t32-,34-/m1/s1. The van der Waals surface area contributed by atoms with Crippen molar-refractivity contribution >= 4 is 29.8 Å². The van der Waals surface area contributed by atoms with E-state index in [2.05, 4.69) is 5.32 Å². The van der Waals surface area contributed by atoms with Crippen LogP contribution in [-0.4, -0.2) is 150 Å². The Morgan fingerprint density at radius 1 is 0.561 bits per heavy atom. The Balaban J connectivity index is 2.49. The average molecular weight is 804 g/mol. The molecule has 0 saturated carbocycles. The fraction of sp³-hybridized carbons (Fsp3) is 0.744. The molecule has 1 heterocycles. The zero-order chi connectivity index (χ0) is 43.2. The summed E-state index contributed by atoms with van der Waals surface area (Å²) in [6, 6.07) is 8.64. The van der Waals surface area contributed by atoms with E-state index in [1.54, 1.807) is 20.8 Å². The summed E-state index contributed by atoms with van der Waals surface area (Å²) in [6.45, 7) is 26.7. The highest BCUT2D eigenvalue weighted by Gasteiger charge is 2.33. The van der Waals surface area contributed by atoms with E-state index in [0.717, 1.165) is 5.56 Å². The molecule has 14 heteroatoms. The molecule has 2 rings (SSSR count). The minimum Gasteiger partial charge on any atom is -0.459 e. The van der Waals surface area contributed by atoms with Crippen LogP contribution in [0.2, 0.25) is 0 Å². The SMILES string of the molecule is C[C@@H](NC(=O)CC[C@H](C(=O)OC(C)(C)C)N1CCN(CC(=O)OC(C)(C)C)CCN(CC(=O)OC(C)(C)C)CCN(CC(=O)OC(C)(C)C)CC1)c1ccccc1. The van der Waals surface area contributed by atoms with Crippen LogP contribution in [0.25, 0.3) is 0 Å². The number of benzene rings is 1. The number of esters is 4. The first kappa shape index (κ1) is 49.6. The van der Waals surface area contributed by atoms with Crippen molar-refractivity contribution in [3.05, 3.63) is 35.9 Å². The van der Waals surface area contributed by atoms with Gasteiger partial charge in [0.05, 0.1) is 25.7 Å². The van der Waals surface area contributed by atoms with E-state index in [9.17, 15) is 24.0 Å². The molecule has 2 atom stereocenters. The van der Waals surface area contributed by atoms with Gasteiger partial charge in [-0.3, -0.25) is 43.6 Å². The number of hydrogen-bond acceptors (Lipinski definition) is 13. The Kier molecular flexibility index (Phi) is 19.1. The molecule has 0 radical (unpaired) electrons. The van der Waals surface area contributed by atoms with Gasteiger partial charge in [0.1, 0.15) is 28.4 Å². The first-order chi connectivity index (χ1) is 26.2. The summed E-state index contributed by atoms with van der Waals surface area (Å²) in [6.07, 6.45) is 0.254. The maximum absolute atomic E-state index is 14.0. The van der Waals surface area contributed by atoms with Gasteiger partial charge in [0.25, 0.3) is 0 Å². The summed E-state index contributed by atoms with van der Waals surface area (Å²) in [4.78, 5) is 74.7. The lowest BCUT2D eigenvalue weighted by Crippen LogP contribution is -2.53. The highest BCUT2D eigenvalue weighted by atomic mass is 16.6. The highest BCUT2D eigenvalue weighted by Crippen LogP contribution is 2.19. The summed E-state index contributed by atoms with van der Waals surface area (Å²) < 4.78 is 23.0. The smallest absolute Gasteiger partial charge is 0.323 e. The third kappa shape index (κ3) is 22.2. The minimum atomic E-state index is -0.805. The Labute approximate surface area is 342 Å². The second kappa shape index (κ2) is 22.0. The third-order valence-electron chi connectivity index (χ3n) is 8.63. The fourth-order valence-corrected chi connectivity index (χ4v) is 6.23. The first-order valence-electron chi connectivity index (χ1n) is 20.3. The van der Waals surface area contributed by atoms with Crippen LogP contribution in [0.5, 0.6) is 0 Å². The molecule has 1 aliphatic rings. The molecule has 1 aromatic rings. The van der Waals surface area contributed by atoms with Gasteiger partial charge in [0, 0.05) is 58.8 Å². The van der Waals surface area contributed by atoms with Gasteiger partial charge < -0.3 is 24.3 Å². The van der Waals surface area contributed by atoms with Crippen LogP contribution >= 0.6 is 0 Å². The van der Waals surface area contributed by atoms with Crippen LogP contribution in [0.1, 0.15) is 114 Å². The number of nitrogens with one attached hydrogen (secondary N) is 1. The molecule has 1 amide bonds. The Morgan fingerprint density at radius 2 is 0.912 bits per heavy atom. The van der Waals surface area contributed by atoms with Gasteiger partial charge in [0.15, 0.2) is 0 Å². The van der Waals surface area contributed by atoms with E-state index < -0.39 is 46.4 Å².